The standard InChI is InChI=1S/C15H23NO3S/c1-11(2)7-9-19-10-8-16-12-5-4-6-13(20-3)14(12)15(17)18/h4-6,11,16H,7-10H2,1-3H3,(H,17,18). The number of nitrogens with one attached hydrogen (secondary N) is 1. The zero-order valence-corrected chi connectivity index (χ0v) is 13.1. The highest BCUT2D eigenvalue weighted by molar-refractivity contribution is 7.98. The van der Waals surface area contributed by atoms with Crippen molar-refractivity contribution in [2.45, 2.75) is 25.2 Å². The van der Waals surface area contributed by atoms with Gasteiger partial charge in [-0.2, -0.15) is 0 Å². The SMILES string of the molecule is CSc1cccc(NCCOCCC(C)C)c1C(=O)O. The number of thioether (sulfide) groups is 1. The van der Waals surface area contributed by atoms with Gasteiger partial charge in [0, 0.05) is 23.7 Å². The number of aromatic carboxylic acids is 1. The largest absolute Gasteiger partial charge is 0.478 e. The average molecular weight is 297 g/mol. The van der Waals surface area contributed by atoms with Crippen LogP contribution in [0.3, 0.4) is 0 Å². The Morgan fingerprint density at radius 3 is 2.75 bits per heavy atom. The molecule has 0 bridgehead atoms. The van der Waals surface area contributed by atoms with E-state index in [0.717, 1.165) is 17.9 Å². The summed E-state index contributed by atoms with van der Waals surface area (Å²) >= 11 is 1.44. The average Bonchev–Trinajstić information content (AvgIpc) is 2.41. The van der Waals surface area contributed by atoms with Gasteiger partial charge in [-0.05, 0) is 30.7 Å². The highest BCUT2D eigenvalue weighted by Crippen LogP contribution is 2.26. The van der Waals surface area contributed by atoms with Crippen LogP contribution in [0.5, 0.6) is 0 Å². The number of carboxylic acids is 1. The minimum absolute atomic E-state index is 0.335. The van der Waals surface area contributed by atoms with Crippen molar-refractivity contribution in [3.8, 4) is 0 Å². The molecule has 2 N–H and O–H groups in total. The van der Waals surface area contributed by atoms with Crippen LogP contribution in [0.1, 0.15) is 30.6 Å². The van der Waals surface area contributed by atoms with Gasteiger partial charge in [0.25, 0.3) is 0 Å². The number of hydrogen-bond acceptors (Lipinski definition) is 4. The fourth-order valence-corrected chi connectivity index (χ4v) is 2.36. The third-order valence-corrected chi connectivity index (χ3v) is 3.64. The fourth-order valence-electron chi connectivity index (χ4n) is 1.75. The molecule has 0 radical (unpaired) electrons. The van der Waals surface area contributed by atoms with Crippen LogP contribution in [0.4, 0.5) is 5.69 Å². The second-order valence-corrected chi connectivity index (χ2v) is 5.76. The van der Waals surface area contributed by atoms with Crippen molar-refractivity contribution in [1.29, 1.82) is 0 Å². The van der Waals surface area contributed by atoms with Crippen molar-refractivity contribution in [2.24, 2.45) is 5.92 Å². The van der Waals surface area contributed by atoms with Gasteiger partial charge in [0.2, 0.25) is 0 Å². The molecule has 112 valence electrons. The quantitative estimate of drug-likeness (QED) is 0.539. The van der Waals surface area contributed by atoms with E-state index < -0.39 is 5.97 Å². The lowest BCUT2D eigenvalue weighted by Gasteiger charge is -2.12. The van der Waals surface area contributed by atoms with Gasteiger partial charge in [-0.1, -0.05) is 19.9 Å². The molecule has 0 heterocycles. The minimum Gasteiger partial charge on any atom is -0.478 e. The smallest absolute Gasteiger partial charge is 0.338 e. The molecule has 20 heavy (non-hydrogen) atoms. The molecule has 1 aromatic rings. The Kier molecular flexibility index (Phi) is 7.47. The molecule has 4 nitrogen and oxygen atoms in total. The number of anilines is 1. The van der Waals surface area contributed by atoms with Gasteiger partial charge in [-0.15, -0.1) is 11.8 Å². The topological polar surface area (TPSA) is 58.6 Å². The van der Waals surface area contributed by atoms with Crippen LogP contribution in [0.15, 0.2) is 23.1 Å². The summed E-state index contributed by atoms with van der Waals surface area (Å²) in [4.78, 5) is 12.1. The van der Waals surface area contributed by atoms with Crippen LogP contribution >= 0.6 is 11.8 Å². The minimum atomic E-state index is -0.904. The fraction of sp³-hybridized carbons (Fsp3) is 0.533. The molecule has 0 spiro atoms. The molecule has 5 heteroatoms. The molecule has 0 saturated heterocycles. The normalized spacial score (nSPS) is 10.8. The number of ether oxygens (including phenoxy) is 1. The van der Waals surface area contributed by atoms with Gasteiger partial charge >= 0.3 is 5.97 Å². The first-order valence-corrected chi connectivity index (χ1v) is 8.00. The third kappa shape index (κ3) is 5.43. The zero-order chi connectivity index (χ0) is 15.0. The van der Waals surface area contributed by atoms with Crippen LogP contribution in [-0.2, 0) is 4.74 Å². The molecule has 0 unspecified atom stereocenters. The Balaban J connectivity index is 2.49. The zero-order valence-electron chi connectivity index (χ0n) is 12.3. The molecule has 0 atom stereocenters. The summed E-state index contributed by atoms with van der Waals surface area (Å²) in [6, 6.07) is 5.47. The lowest BCUT2D eigenvalue weighted by atomic mass is 10.1. The summed E-state index contributed by atoms with van der Waals surface area (Å²) in [5.74, 6) is -0.266. The van der Waals surface area contributed by atoms with Crippen LogP contribution in [0.25, 0.3) is 0 Å². The van der Waals surface area contributed by atoms with Crippen molar-refractivity contribution in [1.82, 2.24) is 0 Å². The molecule has 1 aromatic carbocycles. The molecule has 0 aliphatic carbocycles. The summed E-state index contributed by atoms with van der Waals surface area (Å²) in [6.07, 6.45) is 2.92. The molecule has 0 aromatic heterocycles. The van der Waals surface area contributed by atoms with Crippen molar-refractivity contribution in [2.75, 3.05) is 31.3 Å². The summed E-state index contributed by atoms with van der Waals surface area (Å²) in [6.45, 7) is 6.25. The van der Waals surface area contributed by atoms with E-state index in [1.54, 1.807) is 6.07 Å². The lowest BCUT2D eigenvalue weighted by Crippen LogP contribution is -2.13. The molecular weight excluding hydrogens is 274 g/mol. The summed E-state index contributed by atoms with van der Waals surface area (Å²) in [5, 5.41) is 12.4. The predicted molar refractivity (Wildman–Crippen MR) is 83.9 cm³/mol. The maximum Gasteiger partial charge on any atom is 0.338 e. The Labute approximate surface area is 124 Å². The molecule has 0 aliphatic heterocycles. The van der Waals surface area contributed by atoms with Crippen LogP contribution < -0.4 is 5.32 Å². The Morgan fingerprint density at radius 2 is 2.15 bits per heavy atom. The van der Waals surface area contributed by atoms with Crippen molar-refractivity contribution < 1.29 is 14.6 Å². The Hall–Kier alpha value is -1.20. The van der Waals surface area contributed by atoms with Gasteiger partial charge in [0.05, 0.1) is 12.2 Å². The molecule has 0 amide bonds. The monoisotopic (exact) mass is 297 g/mol. The summed E-state index contributed by atoms with van der Waals surface area (Å²) in [5.41, 5.74) is 0.985. The maximum absolute atomic E-state index is 11.3. The van der Waals surface area contributed by atoms with E-state index in [-0.39, 0.29) is 0 Å². The van der Waals surface area contributed by atoms with E-state index in [9.17, 15) is 9.90 Å². The molecule has 0 saturated carbocycles. The van der Waals surface area contributed by atoms with Gasteiger partial charge in [-0.25, -0.2) is 4.79 Å². The highest BCUT2D eigenvalue weighted by Gasteiger charge is 2.14. The second-order valence-electron chi connectivity index (χ2n) is 4.91. The first-order chi connectivity index (χ1) is 9.56. The number of hydrogen-bond donors (Lipinski definition) is 2. The molecular formula is C15H23NO3S. The summed E-state index contributed by atoms with van der Waals surface area (Å²) in [7, 11) is 0. The van der Waals surface area contributed by atoms with Gasteiger partial charge in [-0.3, -0.25) is 0 Å². The maximum atomic E-state index is 11.3. The van der Waals surface area contributed by atoms with Crippen LogP contribution in [0.2, 0.25) is 0 Å². The van der Waals surface area contributed by atoms with Crippen molar-refractivity contribution in [3.05, 3.63) is 23.8 Å². The van der Waals surface area contributed by atoms with E-state index in [2.05, 4.69) is 19.2 Å². The van der Waals surface area contributed by atoms with Crippen molar-refractivity contribution >= 4 is 23.4 Å². The third-order valence-electron chi connectivity index (χ3n) is 2.86. The van der Waals surface area contributed by atoms with Gasteiger partial charge < -0.3 is 15.2 Å². The van der Waals surface area contributed by atoms with E-state index >= 15 is 0 Å². The molecule has 0 fully saturated rings. The number of carboxylic acid groups (broad SMARTS) is 1. The number of benzene rings is 1. The van der Waals surface area contributed by atoms with Crippen LogP contribution in [-0.4, -0.2) is 37.1 Å². The van der Waals surface area contributed by atoms with Crippen LogP contribution in [0, 0.1) is 5.92 Å². The van der Waals surface area contributed by atoms with E-state index in [4.69, 9.17) is 4.74 Å². The summed E-state index contributed by atoms with van der Waals surface area (Å²) < 4.78 is 5.51. The lowest BCUT2D eigenvalue weighted by molar-refractivity contribution is 0.0694. The first-order valence-electron chi connectivity index (χ1n) is 6.78. The van der Waals surface area contributed by atoms with E-state index in [0.29, 0.717) is 30.3 Å². The van der Waals surface area contributed by atoms with Gasteiger partial charge in [0.15, 0.2) is 0 Å². The van der Waals surface area contributed by atoms with E-state index in [1.807, 2.05) is 18.4 Å². The molecule has 0 aliphatic rings. The number of rotatable bonds is 9. The molecule has 1 rings (SSSR count). The number of carbonyl (C=O) groups is 1. The highest BCUT2D eigenvalue weighted by atomic mass is 32.2. The predicted octanol–water partition coefficient (Wildman–Crippen LogP) is 3.58. The Morgan fingerprint density at radius 1 is 1.40 bits per heavy atom. The second kappa shape index (κ2) is 8.87. The first kappa shape index (κ1) is 16.9. The van der Waals surface area contributed by atoms with Gasteiger partial charge in [0.1, 0.15) is 0 Å². The van der Waals surface area contributed by atoms with E-state index in [1.165, 1.54) is 11.8 Å². The Bertz CT molecular complexity index is 435. The van der Waals surface area contributed by atoms with Crippen molar-refractivity contribution in [3.63, 3.8) is 0 Å².